The first-order chi connectivity index (χ1) is 12.9. The summed E-state index contributed by atoms with van der Waals surface area (Å²) in [5, 5.41) is 3.76. The number of amides is 1. The molecule has 1 aliphatic heterocycles. The average Bonchev–Trinajstić information content (AvgIpc) is 3.23. The van der Waals surface area contributed by atoms with E-state index in [4.69, 9.17) is 0 Å². The second-order valence-corrected chi connectivity index (χ2v) is 13.8. The van der Waals surface area contributed by atoms with Crippen LogP contribution in [0.2, 0.25) is 0 Å². The molecule has 0 spiro atoms. The van der Waals surface area contributed by atoms with E-state index in [9.17, 15) is 13.2 Å². The lowest BCUT2D eigenvalue weighted by Crippen LogP contribution is -2.39. The van der Waals surface area contributed by atoms with Gasteiger partial charge < -0.3 is 5.32 Å². The van der Waals surface area contributed by atoms with Crippen molar-refractivity contribution in [1.82, 2.24) is 5.32 Å². The summed E-state index contributed by atoms with van der Waals surface area (Å²) in [6, 6.07) is 6.94. The van der Waals surface area contributed by atoms with E-state index in [1.807, 2.05) is 16.3 Å². The van der Waals surface area contributed by atoms with Crippen molar-refractivity contribution in [2.75, 3.05) is 6.26 Å². The topological polar surface area (TPSA) is 75.6 Å². The Labute approximate surface area is 172 Å². The van der Waals surface area contributed by atoms with E-state index in [1.165, 1.54) is 38.4 Å². The molecule has 2 fully saturated rings. The molecule has 146 valence electrons. The minimum Gasteiger partial charge on any atom is -0.304 e. The van der Waals surface area contributed by atoms with Crippen molar-refractivity contribution in [1.29, 1.82) is 0 Å². The molecule has 0 bridgehead atoms. The second-order valence-electron chi connectivity index (χ2n) is 7.63. The Hall–Kier alpha value is -0.740. The fourth-order valence-corrected chi connectivity index (χ4v) is 8.09. The average molecular weight is 518 g/mol. The van der Waals surface area contributed by atoms with Gasteiger partial charge in [0.25, 0.3) is 0 Å². The lowest BCUT2D eigenvalue weighted by atomic mass is 9.80. The maximum absolute atomic E-state index is 13.3. The number of sulfone groups is 1. The summed E-state index contributed by atoms with van der Waals surface area (Å²) in [6.07, 6.45) is 8.21. The number of halogens is 1. The predicted molar refractivity (Wildman–Crippen MR) is 119 cm³/mol. The lowest BCUT2D eigenvalue weighted by Gasteiger charge is -2.26. The molecule has 5 nitrogen and oxygen atoms in total. The smallest absolute Gasteiger partial charge is 0.236 e. The molecule has 2 atom stereocenters. The number of rotatable bonds is 4. The fourth-order valence-electron chi connectivity index (χ4n) is 4.52. The van der Waals surface area contributed by atoms with Crippen LogP contribution in [0, 0.1) is 11.8 Å². The van der Waals surface area contributed by atoms with Crippen LogP contribution in [0.15, 0.2) is 34.2 Å². The van der Waals surface area contributed by atoms with Crippen molar-refractivity contribution in [3.8, 4) is 0 Å². The van der Waals surface area contributed by atoms with Crippen LogP contribution in [0.5, 0.6) is 0 Å². The van der Waals surface area contributed by atoms with Crippen molar-refractivity contribution in [3.05, 3.63) is 29.8 Å². The van der Waals surface area contributed by atoms with Gasteiger partial charge in [0.2, 0.25) is 5.91 Å². The van der Waals surface area contributed by atoms with Crippen LogP contribution in [0.1, 0.15) is 44.1 Å². The maximum atomic E-state index is 13.3. The third-order valence-electron chi connectivity index (χ3n) is 5.98. The quantitative estimate of drug-likeness (QED) is 0.616. The molecule has 1 heterocycles. The third-order valence-corrected chi connectivity index (χ3v) is 10.6. The lowest BCUT2D eigenvalue weighted by molar-refractivity contribution is -0.122. The molecular formula is C19H23IN2O3S2. The van der Waals surface area contributed by atoms with Crippen LogP contribution in [-0.2, 0) is 20.0 Å². The van der Waals surface area contributed by atoms with E-state index in [1.54, 1.807) is 21.1 Å². The zero-order valence-corrected chi connectivity index (χ0v) is 18.9. The Morgan fingerprint density at radius 3 is 2.52 bits per heavy atom. The number of hydrogen-bond donors (Lipinski definition) is 1. The monoisotopic (exact) mass is 518 g/mol. The largest absolute Gasteiger partial charge is 0.304 e. The summed E-state index contributed by atoms with van der Waals surface area (Å²) in [4.78, 5) is 17.9. The number of nitrogens with one attached hydrogen (secondary N) is 1. The molecule has 0 radical (unpaired) electrons. The summed E-state index contributed by atoms with van der Waals surface area (Å²) in [5.41, 5.74) is 0.396. The highest BCUT2D eigenvalue weighted by molar-refractivity contribution is 14.2. The normalized spacial score (nSPS) is 28.3. The van der Waals surface area contributed by atoms with Crippen LogP contribution in [-0.4, -0.2) is 29.9 Å². The zero-order valence-electron chi connectivity index (χ0n) is 15.2. The van der Waals surface area contributed by atoms with Crippen LogP contribution in [0.3, 0.4) is 0 Å². The Morgan fingerprint density at radius 2 is 1.93 bits per heavy atom. The van der Waals surface area contributed by atoms with Gasteiger partial charge in [-0.1, -0.05) is 44.2 Å². The van der Waals surface area contributed by atoms with Gasteiger partial charge >= 0.3 is 0 Å². The molecule has 1 amide bonds. The standard InChI is InChI=1S/C19H23IN2O3S2/c1-27(24,25)15-9-7-14(8-10-15)19(17(23)22-18-21-12-20-26-18)11-16(19)13-5-3-2-4-6-13/h7-10,12-13,16H,2-6,11H2,1H3,(H,21,22,23)/t16-,19-/m0/s1. The molecule has 2 saturated carbocycles. The first kappa shape index (κ1) is 19.6. The molecule has 8 heteroatoms. The number of amidine groups is 1. The van der Waals surface area contributed by atoms with Crippen molar-refractivity contribution in [3.63, 3.8) is 0 Å². The maximum Gasteiger partial charge on any atom is 0.236 e. The molecule has 0 unspecified atom stereocenters. The van der Waals surface area contributed by atoms with Crippen molar-refractivity contribution in [2.45, 2.75) is 48.8 Å². The van der Waals surface area contributed by atoms with E-state index in [-0.39, 0.29) is 25.3 Å². The molecule has 1 aromatic carbocycles. The highest BCUT2D eigenvalue weighted by atomic mass is 127. The minimum atomic E-state index is -3.24. The summed E-state index contributed by atoms with van der Waals surface area (Å²) < 4.78 is 25.5. The van der Waals surface area contributed by atoms with Crippen molar-refractivity contribution >= 4 is 53.3 Å². The van der Waals surface area contributed by atoms with Gasteiger partial charge in [-0.25, -0.2) is 13.4 Å². The first-order valence-corrected chi connectivity index (χ1v) is 15.7. The predicted octanol–water partition coefficient (Wildman–Crippen LogP) is 3.79. The van der Waals surface area contributed by atoms with Crippen molar-refractivity contribution in [2.24, 2.45) is 16.8 Å². The molecule has 27 heavy (non-hydrogen) atoms. The molecular weight excluding hydrogens is 495 g/mol. The SMILES string of the molecule is CS(=O)(=O)c1ccc([C@@]2(C(=O)NC3=NC=IS3)C[C@H]2C2CCCCC2)cc1. The van der Waals surface area contributed by atoms with E-state index in [2.05, 4.69) is 10.3 Å². The molecule has 1 aromatic rings. The molecule has 3 aliphatic rings. The van der Waals surface area contributed by atoms with Gasteiger partial charge in [0.15, 0.2) is 15.0 Å². The Balaban J connectivity index is 1.63. The van der Waals surface area contributed by atoms with Gasteiger partial charge in [-0.3, -0.25) is 4.79 Å². The highest BCUT2D eigenvalue weighted by Gasteiger charge is 2.63. The number of carbonyl (C=O) groups excluding carboxylic acids is 1. The van der Waals surface area contributed by atoms with Crippen LogP contribution in [0.25, 0.3) is 0 Å². The number of hydrogen-bond acceptors (Lipinski definition) is 5. The van der Waals surface area contributed by atoms with E-state index in [0.717, 1.165) is 12.0 Å². The van der Waals surface area contributed by atoms with Gasteiger partial charge in [-0.05, 0) is 64.2 Å². The molecule has 2 aliphatic carbocycles. The van der Waals surface area contributed by atoms with Gasteiger partial charge in [-0.2, -0.15) is 0 Å². The molecule has 4 rings (SSSR count). The van der Waals surface area contributed by atoms with E-state index >= 15 is 0 Å². The van der Waals surface area contributed by atoms with Crippen LogP contribution >= 0.6 is 28.3 Å². The summed E-state index contributed by atoms with van der Waals surface area (Å²) in [7, 11) is -1.60. The first-order valence-electron chi connectivity index (χ1n) is 9.23. The number of nitrogens with zero attached hydrogens (tertiary/aromatic N) is 1. The molecule has 0 aromatic heterocycles. The summed E-state index contributed by atoms with van der Waals surface area (Å²) >= 11 is -0.137. The van der Waals surface area contributed by atoms with Gasteiger partial charge in [0.05, 0.1) is 14.4 Å². The molecule has 0 saturated heterocycles. The Morgan fingerprint density at radius 1 is 1.22 bits per heavy atom. The van der Waals surface area contributed by atoms with Gasteiger partial charge in [0.1, 0.15) is 0 Å². The second kappa shape index (κ2) is 7.59. The number of carbonyl (C=O) groups is 1. The van der Waals surface area contributed by atoms with Gasteiger partial charge in [-0.15, -0.1) is 0 Å². The summed E-state index contributed by atoms with van der Waals surface area (Å²) in [5.74, 6) is 0.944. The fraction of sp³-hybridized carbons (Fsp3) is 0.526. The summed E-state index contributed by atoms with van der Waals surface area (Å²) in [6.45, 7) is 0. The van der Waals surface area contributed by atoms with Crippen LogP contribution in [0.4, 0.5) is 0 Å². The van der Waals surface area contributed by atoms with Crippen molar-refractivity contribution < 1.29 is 13.2 Å². The third kappa shape index (κ3) is 3.89. The Kier molecular flexibility index (Phi) is 5.50. The highest BCUT2D eigenvalue weighted by Crippen LogP contribution is 2.60. The number of aliphatic imine (C=N–C) groups is 1. The minimum absolute atomic E-state index is 0.0238. The zero-order chi connectivity index (χ0) is 19.1. The van der Waals surface area contributed by atoms with Crippen LogP contribution < -0.4 is 5.32 Å². The van der Waals surface area contributed by atoms with E-state index in [0.29, 0.717) is 21.9 Å². The molecule has 1 N–H and O–H groups in total. The van der Waals surface area contributed by atoms with E-state index < -0.39 is 15.3 Å². The number of benzene rings is 1. The Bertz CT molecular complexity index is 905. The van der Waals surface area contributed by atoms with Gasteiger partial charge in [0, 0.05) is 6.26 Å².